The molecule has 0 aromatic heterocycles. The largest absolute Gasteiger partial charge is 0.287 e. The summed E-state index contributed by atoms with van der Waals surface area (Å²) in [6, 6.07) is 16.5. The lowest BCUT2D eigenvalue weighted by Crippen LogP contribution is -2.12. The van der Waals surface area contributed by atoms with E-state index in [-0.39, 0.29) is 4.90 Å². The highest BCUT2D eigenvalue weighted by atomic mass is 32.2. The number of sulfonamides is 1. The van der Waals surface area contributed by atoms with Crippen molar-refractivity contribution >= 4 is 21.3 Å². The number of rotatable bonds is 4. The SMILES string of the molecule is CN=C(C(=C(C)C)c1ccccc1)c1ccc(S(N)(=O)=O)cc1. The van der Waals surface area contributed by atoms with E-state index in [4.69, 9.17) is 5.14 Å². The Kier molecular flexibility index (Phi) is 5.13. The Morgan fingerprint density at radius 3 is 1.91 bits per heavy atom. The van der Waals surface area contributed by atoms with Crippen LogP contribution in [0.4, 0.5) is 0 Å². The van der Waals surface area contributed by atoms with Gasteiger partial charge < -0.3 is 0 Å². The molecule has 2 rings (SSSR count). The molecular weight excluding hydrogens is 308 g/mol. The van der Waals surface area contributed by atoms with Crippen molar-refractivity contribution in [1.29, 1.82) is 0 Å². The number of primary sulfonamides is 1. The van der Waals surface area contributed by atoms with Crippen LogP contribution in [0.5, 0.6) is 0 Å². The highest BCUT2D eigenvalue weighted by Crippen LogP contribution is 2.24. The zero-order chi connectivity index (χ0) is 17.0. The van der Waals surface area contributed by atoms with Crippen molar-refractivity contribution in [3.05, 3.63) is 71.3 Å². The summed E-state index contributed by atoms with van der Waals surface area (Å²) < 4.78 is 22.8. The van der Waals surface area contributed by atoms with Crippen LogP contribution in [0.3, 0.4) is 0 Å². The standard InChI is InChI=1S/C18H20N2O2S/c1-13(2)17(14-7-5-4-6-8-14)18(20-3)15-9-11-16(12-10-15)23(19,21)22/h4-12H,1-3H3,(H2,19,21,22). The summed E-state index contributed by atoms with van der Waals surface area (Å²) in [7, 11) is -1.96. The Bertz CT molecular complexity index is 846. The highest BCUT2D eigenvalue weighted by molar-refractivity contribution is 7.89. The van der Waals surface area contributed by atoms with Crippen LogP contribution in [0.1, 0.15) is 25.0 Å². The third-order valence-corrected chi connectivity index (χ3v) is 4.41. The monoisotopic (exact) mass is 328 g/mol. The molecule has 0 saturated heterocycles. The van der Waals surface area contributed by atoms with E-state index in [1.165, 1.54) is 12.1 Å². The van der Waals surface area contributed by atoms with Crippen LogP contribution in [0.2, 0.25) is 0 Å². The quantitative estimate of drug-likeness (QED) is 0.875. The van der Waals surface area contributed by atoms with Crippen molar-refractivity contribution in [2.24, 2.45) is 10.1 Å². The maximum atomic E-state index is 11.4. The maximum Gasteiger partial charge on any atom is 0.238 e. The second-order valence-electron chi connectivity index (χ2n) is 5.38. The van der Waals surface area contributed by atoms with Crippen molar-refractivity contribution in [2.75, 3.05) is 7.05 Å². The summed E-state index contributed by atoms with van der Waals surface area (Å²) in [6.07, 6.45) is 0. The predicted molar refractivity (Wildman–Crippen MR) is 95.0 cm³/mol. The molecule has 0 aliphatic heterocycles. The second kappa shape index (κ2) is 6.89. The molecule has 0 atom stereocenters. The molecule has 0 unspecified atom stereocenters. The fourth-order valence-electron chi connectivity index (χ4n) is 2.45. The van der Waals surface area contributed by atoms with Gasteiger partial charge in [0, 0.05) is 18.2 Å². The van der Waals surface area contributed by atoms with Crippen LogP contribution in [-0.4, -0.2) is 21.2 Å². The summed E-state index contributed by atoms with van der Waals surface area (Å²) in [5, 5.41) is 5.15. The van der Waals surface area contributed by atoms with Crippen LogP contribution in [0.25, 0.3) is 5.57 Å². The molecule has 0 radical (unpaired) electrons. The zero-order valence-corrected chi connectivity index (χ0v) is 14.3. The molecule has 4 nitrogen and oxygen atoms in total. The number of benzene rings is 2. The molecule has 2 aromatic rings. The molecule has 120 valence electrons. The van der Waals surface area contributed by atoms with Gasteiger partial charge in [-0.2, -0.15) is 0 Å². The molecule has 2 N–H and O–H groups in total. The topological polar surface area (TPSA) is 72.5 Å². The Morgan fingerprint density at radius 2 is 1.48 bits per heavy atom. The molecule has 0 fully saturated rings. The number of aliphatic imine (C=N–C) groups is 1. The molecule has 0 amide bonds. The third kappa shape index (κ3) is 3.94. The average molecular weight is 328 g/mol. The molecule has 0 spiro atoms. The lowest BCUT2D eigenvalue weighted by Gasteiger charge is -2.14. The first-order chi connectivity index (χ1) is 10.8. The maximum absolute atomic E-state index is 11.4. The number of hydrogen-bond acceptors (Lipinski definition) is 3. The molecular formula is C18H20N2O2S. The van der Waals surface area contributed by atoms with E-state index in [9.17, 15) is 8.42 Å². The summed E-state index contributed by atoms with van der Waals surface area (Å²) in [5.74, 6) is 0. The number of nitrogens with zero attached hydrogens (tertiary/aromatic N) is 1. The molecule has 5 heteroatoms. The van der Waals surface area contributed by atoms with Gasteiger partial charge in [-0.25, -0.2) is 13.6 Å². The number of hydrogen-bond donors (Lipinski definition) is 1. The summed E-state index contributed by atoms with van der Waals surface area (Å²) in [5.41, 5.74) is 4.91. The van der Waals surface area contributed by atoms with E-state index < -0.39 is 10.0 Å². The number of allylic oxidation sites excluding steroid dienone is 2. The van der Waals surface area contributed by atoms with Gasteiger partial charge in [-0.05, 0) is 31.5 Å². The molecule has 23 heavy (non-hydrogen) atoms. The lowest BCUT2D eigenvalue weighted by atomic mass is 9.92. The van der Waals surface area contributed by atoms with Crippen LogP contribution in [0.15, 0.2) is 70.1 Å². The lowest BCUT2D eigenvalue weighted by molar-refractivity contribution is 0.598. The van der Waals surface area contributed by atoms with Gasteiger partial charge in [0.1, 0.15) is 0 Å². The minimum atomic E-state index is -3.69. The van der Waals surface area contributed by atoms with E-state index in [2.05, 4.69) is 4.99 Å². The van der Waals surface area contributed by atoms with Gasteiger partial charge in [0.15, 0.2) is 0 Å². The minimum absolute atomic E-state index is 0.0927. The van der Waals surface area contributed by atoms with Gasteiger partial charge in [0.05, 0.1) is 10.6 Å². The van der Waals surface area contributed by atoms with Gasteiger partial charge in [0.25, 0.3) is 0 Å². The predicted octanol–water partition coefficient (Wildman–Crippen LogP) is 3.25. The van der Waals surface area contributed by atoms with Crippen molar-refractivity contribution in [3.8, 4) is 0 Å². The van der Waals surface area contributed by atoms with Crippen LogP contribution in [-0.2, 0) is 10.0 Å². The Morgan fingerprint density at radius 1 is 0.913 bits per heavy atom. The fraction of sp³-hybridized carbons (Fsp3) is 0.167. The van der Waals surface area contributed by atoms with E-state index in [0.717, 1.165) is 28.0 Å². The van der Waals surface area contributed by atoms with Gasteiger partial charge in [0.2, 0.25) is 10.0 Å². The highest BCUT2D eigenvalue weighted by Gasteiger charge is 2.14. The summed E-state index contributed by atoms with van der Waals surface area (Å²) >= 11 is 0. The van der Waals surface area contributed by atoms with Crippen LogP contribution >= 0.6 is 0 Å². The smallest absolute Gasteiger partial charge is 0.238 e. The van der Waals surface area contributed by atoms with Crippen molar-refractivity contribution < 1.29 is 8.42 Å². The van der Waals surface area contributed by atoms with E-state index in [0.29, 0.717) is 0 Å². The first-order valence-electron chi connectivity index (χ1n) is 7.18. The van der Waals surface area contributed by atoms with Crippen molar-refractivity contribution in [1.82, 2.24) is 0 Å². The van der Waals surface area contributed by atoms with E-state index in [1.807, 2.05) is 44.2 Å². The molecule has 0 aliphatic carbocycles. The van der Waals surface area contributed by atoms with E-state index in [1.54, 1.807) is 19.2 Å². The normalized spacial score (nSPS) is 12.1. The first-order valence-corrected chi connectivity index (χ1v) is 8.72. The van der Waals surface area contributed by atoms with Gasteiger partial charge in [-0.1, -0.05) is 48.0 Å². The first kappa shape index (κ1) is 17.1. The third-order valence-electron chi connectivity index (χ3n) is 3.48. The van der Waals surface area contributed by atoms with Crippen molar-refractivity contribution in [2.45, 2.75) is 18.7 Å². The minimum Gasteiger partial charge on any atom is -0.287 e. The zero-order valence-electron chi connectivity index (χ0n) is 13.4. The Labute approximate surface area is 137 Å². The fourth-order valence-corrected chi connectivity index (χ4v) is 2.97. The van der Waals surface area contributed by atoms with Gasteiger partial charge in [-0.3, -0.25) is 4.99 Å². The van der Waals surface area contributed by atoms with Crippen LogP contribution in [0, 0.1) is 0 Å². The molecule has 0 heterocycles. The van der Waals surface area contributed by atoms with Crippen LogP contribution < -0.4 is 5.14 Å². The average Bonchev–Trinajstić information content (AvgIpc) is 2.52. The van der Waals surface area contributed by atoms with E-state index >= 15 is 0 Å². The van der Waals surface area contributed by atoms with Gasteiger partial charge in [-0.15, -0.1) is 0 Å². The Balaban J connectivity index is 2.53. The Hall–Kier alpha value is -2.24. The molecule has 0 bridgehead atoms. The molecule has 2 aromatic carbocycles. The second-order valence-corrected chi connectivity index (χ2v) is 6.94. The molecule has 0 saturated carbocycles. The molecule has 0 aliphatic rings. The van der Waals surface area contributed by atoms with Gasteiger partial charge >= 0.3 is 0 Å². The summed E-state index contributed by atoms with van der Waals surface area (Å²) in [6.45, 7) is 4.07. The summed E-state index contributed by atoms with van der Waals surface area (Å²) in [4.78, 5) is 4.52. The number of nitrogens with two attached hydrogens (primary N) is 1. The van der Waals surface area contributed by atoms with Crippen molar-refractivity contribution in [3.63, 3.8) is 0 Å².